The van der Waals surface area contributed by atoms with E-state index < -0.39 is 9.84 Å². The van der Waals surface area contributed by atoms with Gasteiger partial charge in [-0.15, -0.1) is 21.5 Å². The van der Waals surface area contributed by atoms with Gasteiger partial charge in [-0.25, -0.2) is 13.4 Å². The van der Waals surface area contributed by atoms with Crippen molar-refractivity contribution in [3.05, 3.63) is 53.2 Å². The van der Waals surface area contributed by atoms with Gasteiger partial charge in [-0.1, -0.05) is 30.3 Å². The minimum atomic E-state index is -3.34. The highest BCUT2D eigenvalue weighted by molar-refractivity contribution is 7.89. The van der Waals surface area contributed by atoms with Crippen LogP contribution in [-0.2, 0) is 28.4 Å². The first kappa shape index (κ1) is 15.8. The maximum absolute atomic E-state index is 12.4. The van der Waals surface area contributed by atoms with Crippen LogP contribution < -0.4 is 0 Å². The van der Waals surface area contributed by atoms with Crippen LogP contribution in [0.4, 0.5) is 0 Å². The molecule has 0 saturated heterocycles. The third-order valence-electron chi connectivity index (χ3n) is 3.49. The van der Waals surface area contributed by atoms with Gasteiger partial charge in [-0.05, 0) is 12.5 Å². The normalized spacial score (nSPS) is 11.7. The van der Waals surface area contributed by atoms with Crippen LogP contribution in [0, 0.1) is 6.92 Å². The van der Waals surface area contributed by atoms with Gasteiger partial charge in [0.15, 0.2) is 9.84 Å². The van der Waals surface area contributed by atoms with Gasteiger partial charge < -0.3 is 4.57 Å². The highest BCUT2D eigenvalue weighted by atomic mass is 32.2. The monoisotopic (exact) mass is 348 g/mol. The Balaban J connectivity index is 1.76. The van der Waals surface area contributed by atoms with Crippen molar-refractivity contribution in [1.29, 1.82) is 0 Å². The van der Waals surface area contributed by atoms with Crippen LogP contribution in [0.15, 0.2) is 36.5 Å². The third-order valence-corrected chi connectivity index (χ3v) is 6.13. The maximum atomic E-state index is 12.4. The van der Waals surface area contributed by atoms with Gasteiger partial charge >= 0.3 is 0 Å². The summed E-state index contributed by atoms with van der Waals surface area (Å²) >= 11 is 1.40. The maximum Gasteiger partial charge on any atom is 0.164 e. The minimum absolute atomic E-state index is 0.0869. The predicted octanol–water partition coefficient (Wildman–Crippen LogP) is 2.36. The number of aromatic nitrogens is 4. The van der Waals surface area contributed by atoms with Crippen molar-refractivity contribution in [2.24, 2.45) is 7.05 Å². The largest absolute Gasteiger partial charge is 0.317 e. The molecule has 2 heterocycles. The molecule has 120 valence electrons. The van der Waals surface area contributed by atoms with Crippen LogP contribution >= 0.6 is 11.3 Å². The Labute approximate surface area is 138 Å². The summed E-state index contributed by atoms with van der Waals surface area (Å²) in [4.78, 5) is 5.21. The second-order valence-corrected chi connectivity index (χ2v) is 8.42. The first-order chi connectivity index (χ1) is 10.9. The lowest BCUT2D eigenvalue weighted by Crippen LogP contribution is -2.11. The zero-order valence-electron chi connectivity index (χ0n) is 12.8. The first-order valence-corrected chi connectivity index (χ1v) is 9.64. The molecule has 3 rings (SSSR count). The van der Waals surface area contributed by atoms with E-state index in [-0.39, 0.29) is 11.5 Å². The Morgan fingerprint density at radius 3 is 2.52 bits per heavy atom. The lowest BCUT2D eigenvalue weighted by atomic mass is 10.2. The fourth-order valence-corrected chi connectivity index (χ4v) is 4.82. The number of hydrogen-bond donors (Lipinski definition) is 0. The Hall–Kier alpha value is -2.06. The summed E-state index contributed by atoms with van der Waals surface area (Å²) < 4.78 is 26.4. The third kappa shape index (κ3) is 3.65. The van der Waals surface area contributed by atoms with Gasteiger partial charge in [0.2, 0.25) is 0 Å². The Kier molecular flexibility index (Phi) is 4.27. The van der Waals surface area contributed by atoms with Crippen molar-refractivity contribution < 1.29 is 8.42 Å². The van der Waals surface area contributed by atoms with Crippen LogP contribution in [0.1, 0.15) is 16.7 Å². The van der Waals surface area contributed by atoms with E-state index in [9.17, 15) is 8.42 Å². The minimum Gasteiger partial charge on any atom is -0.317 e. The summed E-state index contributed by atoms with van der Waals surface area (Å²) in [6.45, 7) is 1.79. The van der Waals surface area contributed by atoms with E-state index in [0.717, 1.165) is 10.4 Å². The number of hydrogen-bond acceptors (Lipinski definition) is 6. The average Bonchev–Trinajstić information content (AvgIpc) is 3.09. The molecule has 0 aliphatic rings. The van der Waals surface area contributed by atoms with E-state index in [1.54, 1.807) is 24.7 Å². The van der Waals surface area contributed by atoms with E-state index in [4.69, 9.17) is 0 Å². The molecule has 0 saturated carbocycles. The van der Waals surface area contributed by atoms with Gasteiger partial charge in [0, 0.05) is 13.2 Å². The number of nitrogens with zero attached hydrogens (tertiary/aromatic N) is 4. The highest BCUT2D eigenvalue weighted by Gasteiger charge is 2.19. The molecule has 8 heteroatoms. The van der Waals surface area contributed by atoms with E-state index in [1.165, 1.54) is 11.3 Å². The molecular formula is C15H16N4O2S2. The van der Waals surface area contributed by atoms with Crippen molar-refractivity contribution in [2.75, 3.05) is 0 Å². The average molecular weight is 348 g/mol. The molecule has 0 N–H and O–H groups in total. The van der Waals surface area contributed by atoms with E-state index >= 15 is 0 Å². The van der Waals surface area contributed by atoms with Crippen molar-refractivity contribution in [3.8, 4) is 10.4 Å². The van der Waals surface area contributed by atoms with Crippen LogP contribution in [0.5, 0.6) is 0 Å². The molecule has 0 bridgehead atoms. The summed E-state index contributed by atoms with van der Waals surface area (Å²) in [5.74, 6) is 0.916. The van der Waals surface area contributed by atoms with Crippen LogP contribution in [-0.4, -0.2) is 28.2 Å². The van der Waals surface area contributed by atoms with Crippen LogP contribution in [0.3, 0.4) is 0 Å². The van der Waals surface area contributed by atoms with Crippen LogP contribution in [0.25, 0.3) is 10.4 Å². The molecule has 0 aliphatic carbocycles. The molecule has 0 amide bonds. The standard InChI is InChI=1S/C15H16N4O2S2/c1-11-17-18-14(19(11)2)9-23(20,21)10-15-16-8-13(22-15)12-6-4-3-5-7-12/h3-8H,9-10H2,1-2H3. The topological polar surface area (TPSA) is 77.7 Å². The number of rotatable bonds is 5. The molecule has 23 heavy (non-hydrogen) atoms. The van der Waals surface area contributed by atoms with Crippen molar-refractivity contribution in [3.63, 3.8) is 0 Å². The fourth-order valence-electron chi connectivity index (χ4n) is 2.13. The van der Waals surface area contributed by atoms with Gasteiger partial charge in [-0.2, -0.15) is 0 Å². The zero-order valence-corrected chi connectivity index (χ0v) is 14.4. The number of sulfone groups is 1. The van der Waals surface area contributed by atoms with Gasteiger partial charge in [0.1, 0.15) is 28.2 Å². The molecule has 3 aromatic rings. The Morgan fingerprint density at radius 2 is 1.87 bits per heavy atom. The van der Waals surface area contributed by atoms with Crippen LogP contribution in [0.2, 0.25) is 0 Å². The Bertz CT molecular complexity index is 914. The van der Waals surface area contributed by atoms with Crippen molar-refractivity contribution in [1.82, 2.24) is 19.7 Å². The smallest absolute Gasteiger partial charge is 0.164 e. The molecule has 0 aliphatic heterocycles. The lowest BCUT2D eigenvalue weighted by Gasteiger charge is -2.02. The zero-order chi connectivity index (χ0) is 16.4. The second-order valence-electron chi connectivity index (χ2n) is 5.24. The van der Waals surface area contributed by atoms with Gasteiger partial charge in [-0.3, -0.25) is 0 Å². The van der Waals surface area contributed by atoms with E-state index in [2.05, 4.69) is 15.2 Å². The SMILES string of the molecule is Cc1nnc(CS(=O)(=O)Cc2ncc(-c3ccccc3)s2)n1C. The van der Waals surface area contributed by atoms with E-state index in [1.807, 2.05) is 30.3 Å². The molecule has 0 atom stereocenters. The van der Waals surface area contributed by atoms with E-state index in [0.29, 0.717) is 16.7 Å². The second kappa shape index (κ2) is 6.21. The molecule has 6 nitrogen and oxygen atoms in total. The number of benzene rings is 1. The molecule has 0 unspecified atom stereocenters. The summed E-state index contributed by atoms with van der Waals surface area (Å²) in [5, 5.41) is 8.38. The fraction of sp³-hybridized carbons (Fsp3) is 0.267. The molecule has 2 aromatic heterocycles. The summed E-state index contributed by atoms with van der Waals surface area (Å²) in [6.07, 6.45) is 1.72. The molecule has 0 fully saturated rings. The molecule has 0 radical (unpaired) electrons. The molecule has 1 aromatic carbocycles. The van der Waals surface area contributed by atoms with Crippen molar-refractivity contribution >= 4 is 21.2 Å². The number of thiazole rings is 1. The number of aryl methyl sites for hydroxylation is 1. The predicted molar refractivity (Wildman–Crippen MR) is 89.6 cm³/mol. The summed E-state index contributed by atoms with van der Waals surface area (Å²) in [7, 11) is -1.58. The summed E-state index contributed by atoms with van der Waals surface area (Å²) in [5.41, 5.74) is 1.04. The first-order valence-electron chi connectivity index (χ1n) is 7.00. The Morgan fingerprint density at radius 1 is 1.13 bits per heavy atom. The molecule has 0 spiro atoms. The highest BCUT2D eigenvalue weighted by Crippen LogP contribution is 2.27. The van der Waals surface area contributed by atoms with Gasteiger partial charge in [0.05, 0.1) is 4.88 Å². The lowest BCUT2D eigenvalue weighted by molar-refractivity contribution is 0.591. The summed E-state index contributed by atoms with van der Waals surface area (Å²) in [6, 6.07) is 9.80. The quantitative estimate of drug-likeness (QED) is 0.707. The van der Waals surface area contributed by atoms with Crippen molar-refractivity contribution in [2.45, 2.75) is 18.4 Å². The molecular weight excluding hydrogens is 332 g/mol. The van der Waals surface area contributed by atoms with Gasteiger partial charge in [0.25, 0.3) is 0 Å².